The topological polar surface area (TPSA) is 18.5 Å². The van der Waals surface area contributed by atoms with Crippen molar-refractivity contribution < 1.29 is 9.47 Å². The van der Waals surface area contributed by atoms with Crippen molar-refractivity contribution in [3.63, 3.8) is 0 Å². The number of rotatable bonds is 0. The first-order valence-electron chi connectivity index (χ1n) is 3.90. The number of ether oxygens (including phenoxy) is 2. The van der Waals surface area contributed by atoms with Gasteiger partial charge < -0.3 is 9.47 Å². The molecule has 0 aliphatic carbocycles. The Morgan fingerprint density at radius 2 is 1.91 bits per heavy atom. The van der Waals surface area contributed by atoms with E-state index < -0.39 is 0 Å². The molecule has 0 spiro atoms. The monoisotopic (exact) mass is 154 g/mol. The number of hydrogen-bond acceptors (Lipinski definition) is 2. The summed E-state index contributed by atoms with van der Waals surface area (Å²) < 4.78 is 10.9. The summed E-state index contributed by atoms with van der Waals surface area (Å²) in [6.07, 6.45) is 4.01. The van der Waals surface area contributed by atoms with Crippen molar-refractivity contribution in [2.45, 2.75) is 26.9 Å². The largest absolute Gasteiger partial charge is 0.486 e. The first kappa shape index (κ1) is 8.18. The molecule has 0 N–H and O–H groups in total. The van der Waals surface area contributed by atoms with Gasteiger partial charge in [0.1, 0.15) is 12.7 Å². The molecule has 0 aromatic carbocycles. The molecule has 11 heavy (non-hydrogen) atoms. The molecule has 62 valence electrons. The second kappa shape index (κ2) is 3.46. The van der Waals surface area contributed by atoms with Crippen LogP contribution < -0.4 is 0 Å². The summed E-state index contributed by atoms with van der Waals surface area (Å²) >= 11 is 0. The molecule has 1 saturated heterocycles. The summed E-state index contributed by atoms with van der Waals surface area (Å²) in [5, 5.41) is 0. The van der Waals surface area contributed by atoms with E-state index in [0.717, 1.165) is 11.5 Å². The third kappa shape index (κ3) is 1.76. The molecule has 1 heterocycles. The van der Waals surface area contributed by atoms with Gasteiger partial charge in [0.15, 0.2) is 11.5 Å². The molecule has 1 fully saturated rings. The highest BCUT2D eigenvalue weighted by Crippen LogP contribution is 2.20. The van der Waals surface area contributed by atoms with E-state index in [9.17, 15) is 0 Å². The van der Waals surface area contributed by atoms with Gasteiger partial charge in [0.05, 0.1) is 0 Å². The van der Waals surface area contributed by atoms with Crippen LogP contribution in [0.25, 0.3) is 0 Å². The Balaban J connectivity index is 2.72. The van der Waals surface area contributed by atoms with Crippen molar-refractivity contribution in [3.8, 4) is 0 Å². The highest BCUT2D eigenvalue weighted by Gasteiger charge is 2.17. The van der Waals surface area contributed by atoms with Crippen LogP contribution in [0.1, 0.15) is 20.8 Å². The predicted octanol–water partition coefficient (Wildman–Crippen LogP) is 2.23. The molecule has 0 saturated carbocycles. The minimum atomic E-state index is 0.171. The molecular weight excluding hydrogens is 140 g/mol. The lowest BCUT2D eigenvalue weighted by Gasteiger charge is -2.25. The molecule has 0 unspecified atom stereocenters. The van der Waals surface area contributed by atoms with E-state index in [1.54, 1.807) is 0 Å². The van der Waals surface area contributed by atoms with Crippen LogP contribution in [0.4, 0.5) is 0 Å². The SMILES string of the molecule is C/C=C1/OC[C@H](C)O/C1=C/C. The molecule has 1 atom stereocenters. The lowest BCUT2D eigenvalue weighted by Crippen LogP contribution is -2.22. The fourth-order valence-electron chi connectivity index (χ4n) is 1.02. The van der Waals surface area contributed by atoms with Crippen LogP contribution >= 0.6 is 0 Å². The molecule has 1 aliphatic heterocycles. The summed E-state index contributed by atoms with van der Waals surface area (Å²) in [7, 11) is 0. The van der Waals surface area contributed by atoms with Crippen LogP contribution in [0.3, 0.4) is 0 Å². The van der Waals surface area contributed by atoms with Gasteiger partial charge >= 0.3 is 0 Å². The van der Waals surface area contributed by atoms with E-state index in [1.165, 1.54) is 0 Å². The van der Waals surface area contributed by atoms with Crippen LogP contribution in [0, 0.1) is 0 Å². The van der Waals surface area contributed by atoms with E-state index in [2.05, 4.69) is 0 Å². The Kier molecular flexibility index (Phi) is 2.58. The number of hydrogen-bond donors (Lipinski definition) is 0. The minimum absolute atomic E-state index is 0.171. The summed E-state index contributed by atoms with van der Waals surface area (Å²) in [6, 6.07) is 0. The highest BCUT2D eigenvalue weighted by atomic mass is 16.6. The first-order valence-corrected chi connectivity index (χ1v) is 3.90. The van der Waals surface area contributed by atoms with Gasteiger partial charge in [-0.25, -0.2) is 0 Å². The lowest BCUT2D eigenvalue weighted by molar-refractivity contribution is 0.00297. The fourth-order valence-corrected chi connectivity index (χ4v) is 1.02. The van der Waals surface area contributed by atoms with E-state index >= 15 is 0 Å². The molecule has 0 radical (unpaired) electrons. The molecular formula is C9H14O2. The molecule has 0 amide bonds. The maximum atomic E-state index is 5.51. The standard InChI is InChI=1S/C9H14O2/c1-4-8-9(5-2)11-7(3)6-10-8/h4-5,7H,6H2,1-3H3/b8-4+,9-5+/t7-/m0/s1. The second-order valence-electron chi connectivity index (χ2n) is 2.55. The Morgan fingerprint density at radius 3 is 2.45 bits per heavy atom. The Morgan fingerprint density at radius 1 is 1.27 bits per heavy atom. The van der Waals surface area contributed by atoms with Crippen molar-refractivity contribution >= 4 is 0 Å². The van der Waals surface area contributed by atoms with Crippen LogP contribution in [0.2, 0.25) is 0 Å². The lowest BCUT2D eigenvalue weighted by atomic mass is 10.3. The Bertz CT molecular complexity index is 192. The van der Waals surface area contributed by atoms with Gasteiger partial charge in [0.25, 0.3) is 0 Å². The van der Waals surface area contributed by atoms with Gasteiger partial charge in [0, 0.05) is 0 Å². The Hall–Kier alpha value is -0.920. The van der Waals surface area contributed by atoms with Crippen molar-refractivity contribution in [2.24, 2.45) is 0 Å². The van der Waals surface area contributed by atoms with E-state index in [1.807, 2.05) is 32.9 Å². The van der Waals surface area contributed by atoms with Crippen LogP contribution in [-0.4, -0.2) is 12.7 Å². The van der Waals surface area contributed by atoms with Crippen LogP contribution in [0.5, 0.6) is 0 Å². The molecule has 2 heteroatoms. The summed E-state index contributed by atoms with van der Waals surface area (Å²) in [5.74, 6) is 1.71. The van der Waals surface area contributed by atoms with Crippen molar-refractivity contribution in [3.05, 3.63) is 23.7 Å². The zero-order valence-electron chi connectivity index (χ0n) is 7.26. The van der Waals surface area contributed by atoms with Gasteiger partial charge in [-0.2, -0.15) is 0 Å². The van der Waals surface area contributed by atoms with E-state index in [0.29, 0.717) is 6.61 Å². The van der Waals surface area contributed by atoms with E-state index in [-0.39, 0.29) is 6.10 Å². The van der Waals surface area contributed by atoms with Gasteiger partial charge in [0.2, 0.25) is 0 Å². The van der Waals surface area contributed by atoms with Gasteiger partial charge in [-0.05, 0) is 32.9 Å². The van der Waals surface area contributed by atoms with Gasteiger partial charge in [-0.3, -0.25) is 0 Å². The normalized spacial score (nSPS) is 31.7. The second-order valence-corrected chi connectivity index (χ2v) is 2.55. The van der Waals surface area contributed by atoms with Gasteiger partial charge in [-0.1, -0.05) is 0 Å². The predicted molar refractivity (Wildman–Crippen MR) is 44.0 cm³/mol. The maximum Gasteiger partial charge on any atom is 0.157 e. The van der Waals surface area contributed by atoms with Crippen LogP contribution in [-0.2, 0) is 9.47 Å². The van der Waals surface area contributed by atoms with E-state index in [4.69, 9.17) is 9.47 Å². The fraction of sp³-hybridized carbons (Fsp3) is 0.556. The summed E-state index contributed by atoms with van der Waals surface area (Å²) in [5.41, 5.74) is 0. The van der Waals surface area contributed by atoms with Crippen molar-refractivity contribution in [1.82, 2.24) is 0 Å². The van der Waals surface area contributed by atoms with Crippen LogP contribution in [0.15, 0.2) is 23.7 Å². The third-order valence-electron chi connectivity index (χ3n) is 1.57. The minimum Gasteiger partial charge on any atom is -0.486 e. The van der Waals surface area contributed by atoms with Gasteiger partial charge in [-0.15, -0.1) is 0 Å². The molecule has 1 aliphatic rings. The maximum absolute atomic E-state index is 5.51. The molecule has 0 bridgehead atoms. The zero-order valence-corrected chi connectivity index (χ0v) is 7.26. The average molecular weight is 154 g/mol. The number of allylic oxidation sites excluding steroid dienone is 2. The van der Waals surface area contributed by atoms with Crippen molar-refractivity contribution in [2.75, 3.05) is 6.61 Å². The van der Waals surface area contributed by atoms with Crippen molar-refractivity contribution in [1.29, 1.82) is 0 Å². The molecule has 0 aromatic rings. The Labute approximate surface area is 67.5 Å². The average Bonchev–Trinajstić information content (AvgIpc) is 2.04. The summed E-state index contributed by atoms with van der Waals surface area (Å²) in [4.78, 5) is 0. The molecule has 2 nitrogen and oxygen atoms in total. The summed E-state index contributed by atoms with van der Waals surface area (Å²) in [6.45, 7) is 6.53. The first-order chi connectivity index (χ1) is 5.27. The highest BCUT2D eigenvalue weighted by molar-refractivity contribution is 5.20. The zero-order chi connectivity index (χ0) is 8.27. The third-order valence-corrected chi connectivity index (χ3v) is 1.57. The smallest absolute Gasteiger partial charge is 0.157 e. The quantitative estimate of drug-likeness (QED) is 0.532. The molecule has 0 aromatic heterocycles. The molecule has 1 rings (SSSR count).